The highest BCUT2D eigenvalue weighted by Gasteiger charge is 2.47. The Morgan fingerprint density at radius 2 is 1.03 bits per heavy atom. The first-order valence-corrected chi connectivity index (χ1v) is 44.5. The van der Waals surface area contributed by atoms with Crippen LogP contribution in [0.4, 0.5) is 0 Å². The van der Waals surface area contributed by atoms with Crippen molar-refractivity contribution in [3.63, 3.8) is 0 Å². The molecule has 3 aliphatic heterocycles. The van der Waals surface area contributed by atoms with Crippen molar-refractivity contribution in [3.05, 3.63) is 102 Å². The number of rotatable bonds is 24. The highest BCUT2D eigenvalue weighted by Crippen LogP contribution is 2.28. The quantitative estimate of drug-likeness (QED) is 0.0288. The predicted molar refractivity (Wildman–Crippen MR) is 472 cm³/mol. The number of hydrogen-bond acceptors (Lipinski definition) is 23. The van der Waals surface area contributed by atoms with E-state index >= 15 is 33.6 Å². The Labute approximate surface area is 754 Å². The molecule has 3 saturated heterocycles. The highest BCUT2D eigenvalue weighted by molar-refractivity contribution is 8.00. The smallest absolute Gasteiger partial charge is 0.303 e. The lowest BCUT2D eigenvalue weighted by Gasteiger charge is -2.36. The van der Waals surface area contributed by atoms with Crippen molar-refractivity contribution >= 4 is 140 Å². The summed E-state index contributed by atoms with van der Waals surface area (Å²) in [6, 6.07) is -3.52. The number of carboxylic acids is 1. The largest absolute Gasteiger partial charge is 0.508 e. The van der Waals surface area contributed by atoms with Crippen molar-refractivity contribution < 1.29 is 112 Å². The van der Waals surface area contributed by atoms with E-state index in [0.717, 1.165) is 24.5 Å². The van der Waals surface area contributed by atoms with Gasteiger partial charge in [0.1, 0.15) is 90.3 Å². The SMILES string of the molecule is CCCC[C@H]1C(=O)N(C)[C@@H](CCCC)C(=O)N[C@@H](CCC(=O)O)C(=O)N[C@H](C(=O)NCC(N)=O)CSCC(=O)N[C@@H](Cc2ccc(O)cc2)C(=O)N(C)[C@@H](C)C(=O)N[C@@H](CC(N)=O)C(=O)N2CCC[C@H]2C(=O)N[C@@H](CO)C(=O)N[C@@H](CC(C)C)C(=O)N2C[C@H](O)C[C@H]2C(=O)N[C@@H](Cc2c[nH]c3ccccc23)C(=O)N[C@@H](CO)C(=O)N[C@@H](Cc2c[nH]c3ccccc23)C(=O)N1C. The van der Waals surface area contributed by atoms with Crippen LogP contribution in [0, 0.1) is 5.92 Å². The number of thioether (sulfide) groups is 1. The normalized spacial score (nSPS) is 25.3. The fraction of sp³-hybridized carbons (Fsp3) is 0.540. The molecule has 130 heavy (non-hydrogen) atoms. The number of likely N-dealkylation sites (N-methyl/N-ethyl adjacent to an activating group) is 3. The van der Waals surface area contributed by atoms with Crippen LogP contribution in [-0.4, -0.2) is 323 Å². The number of amides is 17. The number of carboxylic acid groups (broad SMARTS) is 1. The number of nitrogens with zero attached hydrogens (tertiary/aromatic N) is 5. The second-order valence-corrected chi connectivity index (χ2v) is 34.4. The number of nitrogens with one attached hydrogen (secondary N) is 12. The lowest BCUT2D eigenvalue weighted by atomic mass is 10.00. The Balaban J connectivity index is 1.18. The number of aromatic amines is 2. The molecule has 21 N–H and O–H groups in total. The predicted octanol–water partition coefficient (Wildman–Crippen LogP) is -3.30. The molecule has 43 heteroatoms. The summed E-state index contributed by atoms with van der Waals surface area (Å²) in [7, 11) is 3.77. The molecule has 708 valence electrons. The van der Waals surface area contributed by atoms with Gasteiger partial charge in [-0.1, -0.05) is 102 Å². The van der Waals surface area contributed by atoms with Crippen LogP contribution < -0.4 is 64.6 Å². The van der Waals surface area contributed by atoms with E-state index in [9.17, 15) is 78.3 Å². The topological polar surface area (TPSA) is 629 Å². The maximum Gasteiger partial charge on any atom is 0.303 e. The van der Waals surface area contributed by atoms with Crippen LogP contribution in [0.2, 0.25) is 0 Å². The number of aliphatic carboxylic acids is 1. The van der Waals surface area contributed by atoms with Gasteiger partial charge in [-0.15, -0.1) is 11.8 Å². The fourth-order valence-electron chi connectivity index (χ4n) is 15.9. The van der Waals surface area contributed by atoms with Gasteiger partial charge in [0.2, 0.25) is 100 Å². The molecular formula is C87H121N19O23S. The molecule has 17 amide bonds. The number of H-pyrrole nitrogens is 2. The summed E-state index contributed by atoms with van der Waals surface area (Å²) < 4.78 is 0. The molecule has 2 aromatic heterocycles. The zero-order valence-corrected chi connectivity index (χ0v) is 74.8. The van der Waals surface area contributed by atoms with E-state index in [2.05, 4.69) is 63.1 Å². The zero-order valence-electron chi connectivity index (χ0n) is 74.0. The van der Waals surface area contributed by atoms with Crippen LogP contribution in [0.25, 0.3) is 21.8 Å². The summed E-state index contributed by atoms with van der Waals surface area (Å²) in [6.45, 7) is 4.60. The number of hydrogen-bond donors (Lipinski definition) is 19. The van der Waals surface area contributed by atoms with Gasteiger partial charge in [-0.25, -0.2) is 0 Å². The van der Waals surface area contributed by atoms with E-state index in [1.54, 1.807) is 81.7 Å². The van der Waals surface area contributed by atoms with Crippen LogP contribution in [0.1, 0.15) is 135 Å². The molecular weight excluding hydrogens is 1710 g/mol. The van der Waals surface area contributed by atoms with Crippen LogP contribution in [0.15, 0.2) is 85.2 Å². The number of carbonyl (C=O) groups is 18. The average molecular weight is 1830 g/mol. The lowest BCUT2D eigenvalue weighted by molar-refractivity contribution is -0.149. The van der Waals surface area contributed by atoms with Crippen LogP contribution in [-0.2, 0) is 106 Å². The number of aromatic nitrogens is 2. The Bertz CT molecular complexity index is 4910. The number of carbonyl (C=O) groups excluding carboxylic acids is 17. The number of para-hydroxylation sites is 2. The maximum atomic E-state index is 15.7. The van der Waals surface area contributed by atoms with E-state index in [-0.39, 0.29) is 70.1 Å². The third kappa shape index (κ3) is 28.1. The Kier molecular flexibility index (Phi) is 38.4. The summed E-state index contributed by atoms with van der Waals surface area (Å²) >= 11 is 0.700. The molecule has 0 unspecified atom stereocenters. The number of benzene rings is 3. The van der Waals surface area contributed by atoms with Gasteiger partial charge in [0.05, 0.1) is 38.0 Å². The fourth-order valence-corrected chi connectivity index (χ4v) is 16.8. The summed E-state index contributed by atoms with van der Waals surface area (Å²) in [5, 5.41) is 80.0. The van der Waals surface area contributed by atoms with Gasteiger partial charge in [-0.2, -0.15) is 0 Å². The molecule has 0 bridgehead atoms. The molecule has 42 nitrogen and oxygen atoms in total. The number of unbranched alkanes of at least 4 members (excludes halogenated alkanes) is 2. The number of aromatic hydroxyl groups is 1. The minimum absolute atomic E-state index is 0.0481. The van der Waals surface area contributed by atoms with Crippen molar-refractivity contribution in [1.82, 2.24) is 87.6 Å². The van der Waals surface area contributed by atoms with Gasteiger partial charge in [-0.05, 0) is 92.3 Å². The molecule has 5 heterocycles. The average Bonchev–Trinajstić information content (AvgIpc) is 1.59. The lowest BCUT2D eigenvalue weighted by Crippen LogP contribution is -2.62. The van der Waals surface area contributed by atoms with Gasteiger partial charge in [-0.3, -0.25) is 86.3 Å². The van der Waals surface area contributed by atoms with Crippen molar-refractivity contribution in [2.24, 2.45) is 17.4 Å². The molecule has 0 saturated carbocycles. The van der Waals surface area contributed by atoms with Crippen molar-refractivity contribution in [3.8, 4) is 5.75 Å². The van der Waals surface area contributed by atoms with E-state index < -0.39 is 266 Å². The van der Waals surface area contributed by atoms with Crippen LogP contribution in [0.3, 0.4) is 0 Å². The second-order valence-electron chi connectivity index (χ2n) is 33.3. The molecule has 0 radical (unpaired) electrons. The first kappa shape index (κ1) is 103. The number of fused-ring (bicyclic) bond motifs is 4. The Morgan fingerprint density at radius 1 is 0.531 bits per heavy atom. The number of nitrogens with two attached hydrogens (primary N) is 2. The van der Waals surface area contributed by atoms with E-state index in [0.29, 0.717) is 69.5 Å². The number of phenolic OH excluding ortho intramolecular Hbond substituents is 1. The first-order chi connectivity index (χ1) is 61.8. The molecule has 3 aliphatic rings. The molecule has 5 aromatic rings. The summed E-state index contributed by atoms with van der Waals surface area (Å²) in [6.07, 6.45) is -0.516. The van der Waals surface area contributed by atoms with Crippen molar-refractivity contribution in [2.75, 3.05) is 65.5 Å². The molecule has 0 spiro atoms. The second kappa shape index (κ2) is 48.6. The maximum absolute atomic E-state index is 15.7. The number of aliphatic hydroxyl groups is 3. The molecule has 0 aliphatic carbocycles. The van der Waals surface area contributed by atoms with Crippen molar-refractivity contribution in [1.29, 1.82) is 0 Å². The van der Waals surface area contributed by atoms with Gasteiger partial charge in [0.15, 0.2) is 0 Å². The Morgan fingerprint density at radius 3 is 1.61 bits per heavy atom. The summed E-state index contributed by atoms with van der Waals surface area (Å²) in [4.78, 5) is 271. The number of primary amides is 2. The first-order valence-electron chi connectivity index (χ1n) is 43.3. The summed E-state index contributed by atoms with van der Waals surface area (Å²) in [5.74, 6) is -20.3. The molecule has 3 fully saturated rings. The van der Waals surface area contributed by atoms with E-state index in [1.165, 1.54) is 52.3 Å². The van der Waals surface area contributed by atoms with E-state index in [1.807, 2.05) is 6.92 Å². The number of aliphatic hydroxyl groups excluding tert-OH is 3. The minimum atomic E-state index is -1.91. The summed E-state index contributed by atoms with van der Waals surface area (Å²) in [5.41, 5.74) is 13.6. The highest BCUT2D eigenvalue weighted by atomic mass is 32.2. The van der Waals surface area contributed by atoms with Crippen LogP contribution in [0.5, 0.6) is 5.75 Å². The molecule has 8 rings (SSSR count). The molecule has 3 aromatic carbocycles. The Hall–Kier alpha value is -12.8. The number of phenols is 1. The van der Waals surface area contributed by atoms with Gasteiger partial charge in [0, 0.05) is 106 Å². The van der Waals surface area contributed by atoms with Crippen molar-refractivity contribution in [2.45, 2.75) is 228 Å². The standard InChI is InChI=1S/C87H121N19O23S/c1-9-11-22-66-80(122)94-57(29-30-73(114)115)76(118)101-65(75(117)92-40-71(89)112)44-130-45-72(113)93-60(33-48-25-27-51(109)28-26-48)83(125)102(6)47(5)74(116)96-62(37-70(88)111)85(127)105-31-17-24-67(105)81(123)100-64(43-108)79(121)97-59(32-46(3)4)86(128)106-41-52(110)36-69(106)82(124)95-58(34-49-38-90-55-20-15-13-18-53(49)55)77(119)99-63(42-107)78(120)98-61(35-50-39-91-56-21-16-14-19-54(50)56)84(126)104(8)68(23-12-10-2)87(129)103(66)7/h13-16,18-21,25-28,38-39,46-47,52,57-69,90-91,107-110H,9-12,17,22-24,29-37,40-45H2,1-8H3,(H2,88,111)(H2,89,112)(H,92,117)(H,93,113)(H,94,122)(H,95,124)(H,96,116)(H,97,121)(H,98,120)(H,99,119)(H,100,123)(H,101,118)(H,114,115)/t47-,52+,57-,58-,59-,60-,61-,62-,63-,64-,65-,66-,67-,68-,69-/m0/s1. The molecule has 15 atom stereocenters. The monoisotopic (exact) mass is 1830 g/mol. The van der Waals surface area contributed by atoms with Crippen LogP contribution >= 0.6 is 11.8 Å². The minimum Gasteiger partial charge on any atom is -0.508 e. The van der Waals surface area contributed by atoms with E-state index in [4.69, 9.17) is 11.5 Å². The third-order valence-electron chi connectivity index (χ3n) is 23.2. The third-order valence-corrected chi connectivity index (χ3v) is 24.2. The zero-order chi connectivity index (χ0) is 95.5. The van der Waals surface area contributed by atoms with Gasteiger partial charge >= 0.3 is 5.97 Å². The van der Waals surface area contributed by atoms with Gasteiger partial charge in [0.25, 0.3) is 0 Å². The van der Waals surface area contributed by atoms with Gasteiger partial charge < -0.3 is 125 Å².